The van der Waals surface area contributed by atoms with E-state index in [1.54, 1.807) is 0 Å². The Kier molecular flexibility index (Phi) is 4.13. The first-order chi connectivity index (χ1) is 10.1. The van der Waals surface area contributed by atoms with Crippen LogP contribution in [-0.2, 0) is 0 Å². The van der Waals surface area contributed by atoms with Gasteiger partial charge in [-0.1, -0.05) is 46.3 Å². The Labute approximate surface area is 133 Å². The smallest absolute Gasteiger partial charge is 0.134 e. The summed E-state index contributed by atoms with van der Waals surface area (Å²) in [6.07, 6.45) is 0. The topological polar surface area (TPSA) is 25.2 Å². The Morgan fingerprint density at radius 3 is 2.52 bits per heavy atom. The largest absolute Gasteiger partial charge is 0.459 e. The lowest BCUT2D eigenvalue weighted by atomic mass is 10.1. The third-order valence-corrected chi connectivity index (χ3v) is 4.21. The average Bonchev–Trinajstić information content (AvgIpc) is 2.91. The lowest BCUT2D eigenvalue weighted by Crippen LogP contribution is -2.22. The van der Waals surface area contributed by atoms with Crippen molar-refractivity contribution in [3.8, 4) is 0 Å². The molecule has 1 unspecified atom stereocenters. The molecular formula is C18H18BrNO. The van der Waals surface area contributed by atoms with Gasteiger partial charge in [0.1, 0.15) is 11.3 Å². The highest BCUT2D eigenvalue weighted by Gasteiger charge is 2.15. The highest BCUT2D eigenvalue weighted by molar-refractivity contribution is 9.10. The van der Waals surface area contributed by atoms with Crippen LogP contribution >= 0.6 is 15.9 Å². The maximum Gasteiger partial charge on any atom is 0.134 e. The Hall–Kier alpha value is -1.58. The van der Waals surface area contributed by atoms with E-state index >= 15 is 0 Å². The number of furan rings is 1. The summed E-state index contributed by atoms with van der Waals surface area (Å²) in [4.78, 5) is 0. The summed E-state index contributed by atoms with van der Waals surface area (Å²) in [6.45, 7) is 4.30. The van der Waals surface area contributed by atoms with Crippen molar-refractivity contribution in [3.63, 3.8) is 0 Å². The van der Waals surface area contributed by atoms with Gasteiger partial charge >= 0.3 is 0 Å². The fourth-order valence-electron chi connectivity index (χ4n) is 2.55. The molecule has 0 radical (unpaired) electrons. The number of hydrogen-bond acceptors (Lipinski definition) is 2. The number of fused-ring (bicyclic) bond motifs is 1. The molecular weight excluding hydrogens is 326 g/mol. The van der Waals surface area contributed by atoms with Crippen LogP contribution in [0.3, 0.4) is 0 Å². The minimum absolute atomic E-state index is 0.159. The summed E-state index contributed by atoms with van der Waals surface area (Å²) in [5.41, 5.74) is 2.20. The van der Waals surface area contributed by atoms with Gasteiger partial charge in [-0.05, 0) is 43.7 Å². The summed E-state index contributed by atoms with van der Waals surface area (Å²) in [5.74, 6) is 0.970. The normalized spacial score (nSPS) is 14.2. The van der Waals surface area contributed by atoms with Crippen molar-refractivity contribution in [1.29, 1.82) is 0 Å². The molecule has 0 aliphatic heterocycles. The first kappa shape index (κ1) is 14.4. The summed E-state index contributed by atoms with van der Waals surface area (Å²) < 4.78 is 7.02. The summed E-state index contributed by atoms with van der Waals surface area (Å²) in [7, 11) is 0. The number of hydrogen-bond donors (Lipinski definition) is 1. The molecule has 1 aromatic heterocycles. The van der Waals surface area contributed by atoms with E-state index in [9.17, 15) is 0 Å². The van der Waals surface area contributed by atoms with Gasteiger partial charge in [0, 0.05) is 15.9 Å². The molecule has 2 aromatic carbocycles. The maximum atomic E-state index is 5.92. The van der Waals surface area contributed by atoms with E-state index in [0.717, 1.165) is 21.2 Å². The third-order valence-electron chi connectivity index (χ3n) is 3.72. The van der Waals surface area contributed by atoms with E-state index in [0.29, 0.717) is 0 Å². The zero-order valence-corrected chi connectivity index (χ0v) is 13.7. The molecule has 0 aliphatic rings. The molecule has 0 saturated heterocycles. The van der Waals surface area contributed by atoms with Crippen LogP contribution in [0.5, 0.6) is 0 Å². The second-order valence-corrected chi connectivity index (χ2v) is 6.27. The van der Waals surface area contributed by atoms with Gasteiger partial charge in [0.05, 0.1) is 6.04 Å². The van der Waals surface area contributed by atoms with Crippen LogP contribution in [0, 0.1) is 0 Å². The van der Waals surface area contributed by atoms with E-state index in [1.807, 2.05) is 24.3 Å². The van der Waals surface area contributed by atoms with Crippen LogP contribution in [0.25, 0.3) is 11.0 Å². The molecule has 1 N–H and O–H groups in total. The van der Waals surface area contributed by atoms with Crippen LogP contribution < -0.4 is 5.32 Å². The molecule has 3 aromatic rings. The summed E-state index contributed by atoms with van der Waals surface area (Å²) in [5, 5.41) is 4.74. The van der Waals surface area contributed by atoms with Crippen molar-refractivity contribution in [1.82, 2.24) is 5.32 Å². The van der Waals surface area contributed by atoms with Crippen LogP contribution in [0.1, 0.15) is 37.3 Å². The van der Waals surface area contributed by atoms with E-state index in [2.05, 4.69) is 65.4 Å². The summed E-state index contributed by atoms with van der Waals surface area (Å²) in [6, 6.07) is 19.0. The molecule has 0 amide bonds. The Morgan fingerprint density at radius 1 is 0.952 bits per heavy atom. The monoisotopic (exact) mass is 343 g/mol. The fraction of sp³-hybridized carbons (Fsp3) is 0.222. The predicted octanol–water partition coefficient (Wildman–Crippen LogP) is 5.61. The minimum Gasteiger partial charge on any atom is -0.459 e. The van der Waals surface area contributed by atoms with Gasteiger partial charge < -0.3 is 9.73 Å². The van der Waals surface area contributed by atoms with Crippen LogP contribution in [0.15, 0.2) is 63.5 Å². The lowest BCUT2D eigenvalue weighted by molar-refractivity contribution is 0.417. The van der Waals surface area contributed by atoms with Crippen LogP contribution in [0.4, 0.5) is 0 Å². The van der Waals surface area contributed by atoms with Crippen molar-refractivity contribution in [3.05, 3.63) is 70.4 Å². The predicted molar refractivity (Wildman–Crippen MR) is 90.3 cm³/mol. The van der Waals surface area contributed by atoms with Gasteiger partial charge in [0.2, 0.25) is 0 Å². The molecule has 0 saturated carbocycles. The van der Waals surface area contributed by atoms with Gasteiger partial charge in [-0.2, -0.15) is 0 Å². The van der Waals surface area contributed by atoms with E-state index in [4.69, 9.17) is 4.42 Å². The molecule has 0 aliphatic carbocycles. The Balaban J connectivity index is 1.77. The second kappa shape index (κ2) is 6.04. The van der Waals surface area contributed by atoms with Gasteiger partial charge in [0.25, 0.3) is 0 Å². The zero-order valence-electron chi connectivity index (χ0n) is 12.1. The molecule has 21 heavy (non-hydrogen) atoms. The maximum absolute atomic E-state index is 5.92. The average molecular weight is 344 g/mol. The van der Waals surface area contributed by atoms with Crippen LogP contribution in [-0.4, -0.2) is 0 Å². The number of para-hydroxylation sites is 1. The highest BCUT2D eigenvalue weighted by Crippen LogP contribution is 2.26. The molecule has 3 heteroatoms. The van der Waals surface area contributed by atoms with Gasteiger partial charge in [-0.3, -0.25) is 0 Å². The molecule has 3 rings (SSSR count). The zero-order chi connectivity index (χ0) is 14.8. The molecule has 0 fully saturated rings. The minimum atomic E-state index is 0.159. The first-order valence-corrected chi connectivity index (χ1v) is 7.93. The van der Waals surface area contributed by atoms with E-state index in [-0.39, 0.29) is 12.1 Å². The van der Waals surface area contributed by atoms with Gasteiger partial charge in [0.15, 0.2) is 0 Å². The van der Waals surface area contributed by atoms with Gasteiger partial charge in [-0.15, -0.1) is 0 Å². The van der Waals surface area contributed by atoms with Crippen LogP contribution in [0.2, 0.25) is 0 Å². The highest BCUT2D eigenvalue weighted by atomic mass is 79.9. The molecule has 0 spiro atoms. The molecule has 2 nitrogen and oxygen atoms in total. The number of halogens is 1. The molecule has 1 heterocycles. The van der Waals surface area contributed by atoms with Crippen molar-refractivity contribution >= 4 is 26.9 Å². The first-order valence-electron chi connectivity index (χ1n) is 7.13. The third kappa shape index (κ3) is 3.20. The van der Waals surface area contributed by atoms with Gasteiger partial charge in [-0.25, -0.2) is 0 Å². The molecule has 2 atom stereocenters. The summed E-state index contributed by atoms with van der Waals surface area (Å²) >= 11 is 3.52. The standard InChI is InChI=1S/C18H18BrNO/c1-12(14-7-5-8-16(19)10-14)20-13(2)18-11-15-6-3-4-9-17(15)21-18/h3-13,20H,1-2H3/t12-,13?/m0/s1. The quantitative estimate of drug-likeness (QED) is 0.666. The molecule has 108 valence electrons. The Morgan fingerprint density at radius 2 is 1.76 bits per heavy atom. The SMILES string of the molecule is CC(N[C@@H](C)c1cccc(Br)c1)c1cc2ccccc2o1. The van der Waals surface area contributed by atoms with E-state index < -0.39 is 0 Å². The van der Waals surface area contributed by atoms with Crippen molar-refractivity contribution in [2.45, 2.75) is 25.9 Å². The number of benzene rings is 2. The molecule has 0 bridgehead atoms. The number of rotatable bonds is 4. The van der Waals surface area contributed by atoms with Crippen molar-refractivity contribution < 1.29 is 4.42 Å². The lowest BCUT2D eigenvalue weighted by Gasteiger charge is -2.19. The van der Waals surface area contributed by atoms with Crippen molar-refractivity contribution in [2.75, 3.05) is 0 Å². The number of nitrogens with one attached hydrogen (secondary N) is 1. The van der Waals surface area contributed by atoms with Crippen molar-refractivity contribution in [2.24, 2.45) is 0 Å². The van der Waals surface area contributed by atoms with E-state index in [1.165, 1.54) is 5.56 Å². The fourth-order valence-corrected chi connectivity index (χ4v) is 2.96. The Bertz CT molecular complexity index is 717. The second-order valence-electron chi connectivity index (χ2n) is 5.35.